The highest BCUT2D eigenvalue weighted by molar-refractivity contribution is 5.85. The number of hydrogen-bond acceptors (Lipinski definition) is 3. The largest absolute Gasteiger partial charge is 0.481 e. The number of aliphatic hydroxyl groups excluding tert-OH is 1. The minimum atomic E-state index is -0.880. The second-order valence-electron chi connectivity index (χ2n) is 6.52. The first-order valence-corrected chi connectivity index (χ1v) is 7.67. The van der Waals surface area contributed by atoms with Crippen LogP contribution in [-0.4, -0.2) is 34.2 Å². The molecule has 3 N–H and O–H groups in total. The summed E-state index contributed by atoms with van der Waals surface area (Å²) in [7, 11) is 0. The summed E-state index contributed by atoms with van der Waals surface area (Å²) < 4.78 is 0. The number of carboxylic acids is 1. The van der Waals surface area contributed by atoms with Crippen molar-refractivity contribution in [2.45, 2.75) is 69.7 Å². The molecule has 0 saturated heterocycles. The fourth-order valence-electron chi connectivity index (χ4n) is 3.72. The Hall–Kier alpha value is -1.10. The number of carboxylic acid groups (broad SMARTS) is 1. The summed E-state index contributed by atoms with van der Waals surface area (Å²) in [4.78, 5) is 23.7. The van der Waals surface area contributed by atoms with Gasteiger partial charge in [0.15, 0.2) is 0 Å². The van der Waals surface area contributed by atoms with Crippen LogP contribution in [0.4, 0.5) is 0 Å². The average molecular weight is 283 g/mol. The average Bonchev–Trinajstić information content (AvgIpc) is 2.89. The highest BCUT2D eigenvalue weighted by Gasteiger charge is 2.44. The van der Waals surface area contributed by atoms with E-state index in [1.54, 1.807) is 0 Å². The lowest BCUT2D eigenvalue weighted by Gasteiger charge is -2.37. The number of aliphatic hydroxyl groups is 1. The molecule has 5 heteroatoms. The van der Waals surface area contributed by atoms with Crippen molar-refractivity contribution in [1.29, 1.82) is 0 Å². The van der Waals surface area contributed by atoms with E-state index < -0.39 is 16.9 Å². The molecule has 0 aromatic heterocycles. The van der Waals surface area contributed by atoms with E-state index in [4.69, 9.17) is 0 Å². The Balaban J connectivity index is 1.98. The first-order chi connectivity index (χ1) is 9.52. The molecule has 0 aromatic carbocycles. The molecule has 20 heavy (non-hydrogen) atoms. The molecule has 0 aliphatic heterocycles. The molecule has 0 bridgehead atoms. The number of hydrogen-bond donors (Lipinski definition) is 3. The fraction of sp³-hybridized carbons (Fsp3) is 0.867. The van der Waals surface area contributed by atoms with E-state index in [1.165, 1.54) is 0 Å². The summed E-state index contributed by atoms with van der Waals surface area (Å²) in [6.07, 6.45) is 7.69. The molecule has 2 aliphatic carbocycles. The van der Waals surface area contributed by atoms with Crippen molar-refractivity contribution in [3.8, 4) is 0 Å². The molecule has 5 nitrogen and oxygen atoms in total. The zero-order valence-corrected chi connectivity index (χ0v) is 12.0. The molecule has 2 rings (SSSR count). The zero-order valence-electron chi connectivity index (χ0n) is 12.0. The molecule has 0 radical (unpaired) electrons. The summed E-state index contributed by atoms with van der Waals surface area (Å²) in [6.45, 7) is -0.0567. The second-order valence-corrected chi connectivity index (χ2v) is 6.52. The molecule has 0 atom stereocenters. The Morgan fingerprint density at radius 2 is 1.50 bits per heavy atom. The number of carbonyl (C=O) groups excluding carboxylic acids is 1. The maximum Gasteiger partial charge on any atom is 0.310 e. The zero-order chi connectivity index (χ0) is 14.6. The molecule has 2 fully saturated rings. The summed E-state index contributed by atoms with van der Waals surface area (Å²) in [5.74, 6) is -1.07. The van der Waals surface area contributed by atoms with E-state index in [0.717, 1.165) is 44.9 Å². The molecule has 0 unspecified atom stereocenters. The van der Waals surface area contributed by atoms with Crippen molar-refractivity contribution >= 4 is 11.9 Å². The molecule has 0 spiro atoms. The van der Waals surface area contributed by atoms with Crippen molar-refractivity contribution in [1.82, 2.24) is 5.32 Å². The maximum atomic E-state index is 12.3. The third-order valence-electron chi connectivity index (χ3n) is 5.03. The highest BCUT2D eigenvalue weighted by Crippen LogP contribution is 2.41. The lowest BCUT2D eigenvalue weighted by molar-refractivity contribution is -0.152. The molecule has 2 saturated carbocycles. The Labute approximate surface area is 119 Å². The van der Waals surface area contributed by atoms with Gasteiger partial charge in [-0.2, -0.15) is 0 Å². The Bertz CT molecular complexity index is 368. The van der Waals surface area contributed by atoms with Crippen LogP contribution in [0.3, 0.4) is 0 Å². The van der Waals surface area contributed by atoms with E-state index in [9.17, 15) is 19.8 Å². The number of amides is 1. The van der Waals surface area contributed by atoms with Crippen LogP contribution in [0.15, 0.2) is 0 Å². The van der Waals surface area contributed by atoms with Crippen LogP contribution in [0, 0.1) is 5.41 Å². The fourth-order valence-corrected chi connectivity index (χ4v) is 3.72. The van der Waals surface area contributed by atoms with E-state index in [0.29, 0.717) is 12.8 Å². The van der Waals surface area contributed by atoms with Gasteiger partial charge in [-0.3, -0.25) is 9.59 Å². The summed E-state index contributed by atoms with van der Waals surface area (Å²) in [6, 6.07) is 0. The van der Waals surface area contributed by atoms with Gasteiger partial charge in [-0.25, -0.2) is 0 Å². The SMILES string of the molecule is O=C(CC1(C(=O)O)CCCC1)NC1(CO)CCCCC1. The lowest BCUT2D eigenvalue weighted by Crippen LogP contribution is -2.53. The van der Waals surface area contributed by atoms with Gasteiger partial charge in [0.1, 0.15) is 0 Å². The monoisotopic (exact) mass is 283 g/mol. The highest BCUT2D eigenvalue weighted by atomic mass is 16.4. The number of aliphatic carboxylic acids is 1. The van der Waals surface area contributed by atoms with E-state index >= 15 is 0 Å². The van der Waals surface area contributed by atoms with Gasteiger partial charge in [-0.15, -0.1) is 0 Å². The van der Waals surface area contributed by atoms with Gasteiger partial charge >= 0.3 is 5.97 Å². The van der Waals surface area contributed by atoms with Crippen molar-refractivity contribution in [2.75, 3.05) is 6.61 Å². The van der Waals surface area contributed by atoms with Crippen molar-refractivity contribution < 1.29 is 19.8 Å². The quantitative estimate of drug-likeness (QED) is 0.718. The topological polar surface area (TPSA) is 86.6 Å². The normalized spacial score (nSPS) is 24.2. The smallest absolute Gasteiger partial charge is 0.310 e. The van der Waals surface area contributed by atoms with Crippen LogP contribution in [-0.2, 0) is 9.59 Å². The number of nitrogens with one attached hydrogen (secondary N) is 1. The Morgan fingerprint density at radius 1 is 0.950 bits per heavy atom. The minimum Gasteiger partial charge on any atom is -0.481 e. The molecular weight excluding hydrogens is 258 g/mol. The van der Waals surface area contributed by atoms with Gasteiger partial charge in [-0.05, 0) is 25.7 Å². The third-order valence-corrected chi connectivity index (χ3v) is 5.03. The molecular formula is C15H25NO4. The van der Waals surface area contributed by atoms with E-state index in [2.05, 4.69) is 5.32 Å². The summed E-state index contributed by atoms with van der Waals surface area (Å²) in [5, 5.41) is 21.9. The standard InChI is InChI=1S/C15H25NO4/c17-11-15(8-2-1-3-9-15)16-12(18)10-14(13(19)20)6-4-5-7-14/h17H,1-11H2,(H,16,18)(H,19,20). The van der Waals surface area contributed by atoms with Gasteiger partial charge in [0, 0.05) is 6.42 Å². The van der Waals surface area contributed by atoms with Crippen molar-refractivity contribution in [3.05, 3.63) is 0 Å². The van der Waals surface area contributed by atoms with Crippen molar-refractivity contribution in [2.24, 2.45) is 5.41 Å². The van der Waals surface area contributed by atoms with Gasteiger partial charge in [0.05, 0.1) is 17.6 Å². The first-order valence-electron chi connectivity index (χ1n) is 7.67. The van der Waals surface area contributed by atoms with Crippen LogP contribution in [0.2, 0.25) is 0 Å². The maximum absolute atomic E-state index is 12.3. The molecule has 1 amide bonds. The number of rotatable bonds is 5. The summed E-state index contributed by atoms with van der Waals surface area (Å²) >= 11 is 0. The van der Waals surface area contributed by atoms with Gasteiger partial charge in [-0.1, -0.05) is 32.1 Å². The van der Waals surface area contributed by atoms with Gasteiger partial charge in [0.2, 0.25) is 5.91 Å². The van der Waals surface area contributed by atoms with Gasteiger partial charge < -0.3 is 15.5 Å². The Morgan fingerprint density at radius 3 is 2.00 bits per heavy atom. The van der Waals surface area contributed by atoms with Crippen LogP contribution in [0.5, 0.6) is 0 Å². The van der Waals surface area contributed by atoms with E-state index in [1.807, 2.05) is 0 Å². The van der Waals surface area contributed by atoms with Crippen LogP contribution in [0.25, 0.3) is 0 Å². The second kappa shape index (κ2) is 6.12. The van der Waals surface area contributed by atoms with Crippen LogP contribution >= 0.6 is 0 Å². The van der Waals surface area contributed by atoms with E-state index in [-0.39, 0.29) is 18.9 Å². The molecule has 2 aliphatic rings. The predicted octanol–water partition coefficient (Wildman–Crippen LogP) is 1.83. The van der Waals surface area contributed by atoms with Crippen molar-refractivity contribution in [3.63, 3.8) is 0 Å². The molecule has 0 heterocycles. The minimum absolute atomic E-state index is 0.0457. The summed E-state index contributed by atoms with van der Waals surface area (Å²) in [5.41, 5.74) is -1.40. The van der Waals surface area contributed by atoms with Gasteiger partial charge in [0.25, 0.3) is 0 Å². The third kappa shape index (κ3) is 3.14. The Kier molecular flexibility index (Phi) is 4.68. The lowest BCUT2D eigenvalue weighted by atomic mass is 9.80. The van der Waals surface area contributed by atoms with Crippen LogP contribution < -0.4 is 5.32 Å². The molecule has 114 valence electrons. The first kappa shape index (κ1) is 15.3. The molecule has 0 aromatic rings. The predicted molar refractivity (Wildman–Crippen MR) is 74.2 cm³/mol. The van der Waals surface area contributed by atoms with Crippen LogP contribution in [0.1, 0.15) is 64.2 Å². The number of carbonyl (C=O) groups is 2.